The lowest BCUT2D eigenvalue weighted by atomic mass is 9.96. The standard InChI is InChI=1S/C24H26FNO4S/c1-15-19(12-16-6-5-7-22-18(16)10-11-31(22,28)29)20-13-17(25)8-9-21(20)26(15)14-23(27)30-24(2,3)4/h5-9,13H,10-12,14H2,1-4H3. The molecule has 4 rings (SSSR count). The molecule has 1 aliphatic heterocycles. The molecule has 2 aromatic carbocycles. The molecule has 0 radical (unpaired) electrons. The predicted octanol–water partition coefficient (Wildman–Crippen LogP) is 4.35. The Bertz CT molecular complexity index is 1300. The number of carbonyl (C=O) groups excluding carboxylic acids is 1. The first-order valence-corrected chi connectivity index (χ1v) is 11.9. The zero-order valence-corrected chi connectivity index (χ0v) is 19.0. The molecule has 0 spiro atoms. The average Bonchev–Trinajstić information content (AvgIpc) is 3.10. The molecular weight excluding hydrogens is 417 g/mol. The summed E-state index contributed by atoms with van der Waals surface area (Å²) in [5.41, 5.74) is 3.63. The summed E-state index contributed by atoms with van der Waals surface area (Å²) < 4.78 is 46.1. The lowest BCUT2D eigenvalue weighted by Gasteiger charge is -2.20. The molecule has 0 N–H and O–H groups in total. The van der Waals surface area contributed by atoms with Gasteiger partial charge in [-0.2, -0.15) is 0 Å². The van der Waals surface area contributed by atoms with Crippen LogP contribution < -0.4 is 0 Å². The topological polar surface area (TPSA) is 65.4 Å². The Morgan fingerprint density at radius 2 is 1.94 bits per heavy atom. The van der Waals surface area contributed by atoms with E-state index in [-0.39, 0.29) is 24.1 Å². The Balaban J connectivity index is 1.79. The highest BCUT2D eigenvalue weighted by Crippen LogP contribution is 2.34. The summed E-state index contributed by atoms with van der Waals surface area (Å²) in [6, 6.07) is 9.86. The molecule has 1 aromatic heterocycles. The minimum atomic E-state index is -3.23. The number of nitrogens with zero attached hydrogens (tertiary/aromatic N) is 1. The third-order valence-corrected chi connectivity index (χ3v) is 7.47. The molecule has 0 unspecified atom stereocenters. The van der Waals surface area contributed by atoms with Gasteiger partial charge >= 0.3 is 5.97 Å². The maximum Gasteiger partial charge on any atom is 0.326 e. The van der Waals surface area contributed by atoms with E-state index in [9.17, 15) is 17.6 Å². The smallest absolute Gasteiger partial charge is 0.326 e. The van der Waals surface area contributed by atoms with Crippen molar-refractivity contribution in [2.75, 3.05) is 5.75 Å². The SMILES string of the molecule is Cc1c(Cc2cccc3c2CCS3(=O)=O)c2cc(F)ccc2n1CC(=O)OC(C)(C)C. The number of sulfone groups is 1. The predicted molar refractivity (Wildman–Crippen MR) is 117 cm³/mol. The van der Waals surface area contributed by atoms with Gasteiger partial charge in [-0.05, 0) is 75.1 Å². The fourth-order valence-electron chi connectivity index (χ4n) is 4.34. The van der Waals surface area contributed by atoms with E-state index in [4.69, 9.17) is 4.74 Å². The third-order valence-electron chi connectivity index (χ3n) is 5.68. The monoisotopic (exact) mass is 443 g/mol. The number of rotatable bonds is 4. The van der Waals surface area contributed by atoms with Gasteiger partial charge in [0, 0.05) is 23.0 Å². The van der Waals surface area contributed by atoms with Crippen LogP contribution in [0.5, 0.6) is 0 Å². The van der Waals surface area contributed by atoms with Crippen LogP contribution in [0.3, 0.4) is 0 Å². The summed E-state index contributed by atoms with van der Waals surface area (Å²) in [5.74, 6) is -0.605. The van der Waals surface area contributed by atoms with Crippen LogP contribution >= 0.6 is 0 Å². The molecule has 0 amide bonds. The van der Waals surface area contributed by atoms with E-state index in [0.29, 0.717) is 17.7 Å². The zero-order valence-electron chi connectivity index (χ0n) is 18.2. The van der Waals surface area contributed by atoms with Gasteiger partial charge in [0.25, 0.3) is 0 Å². The Labute approximate surface area is 181 Å². The molecule has 0 saturated heterocycles. The highest BCUT2D eigenvalue weighted by Gasteiger charge is 2.28. The molecule has 1 aliphatic rings. The number of aromatic nitrogens is 1. The minimum Gasteiger partial charge on any atom is -0.459 e. The summed E-state index contributed by atoms with van der Waals surface area (Å²) >= 11 is 0. The first-order valence-electron chi connectivity index (χ1n) is 10.3. The molecule has 0 bridgehead atoms. The average molecular weight is 444 g/mol. The Morgan fingerprint density at radius 3 is 2.65 bits per heavy atom. The van der Waals surface area contributed by atoms with Crippen molar-refractivity contribution in [1.29, 1.82) is 0 Å². The van der Waals surface area contributed by atoms with Gasteiger partial charge in [-0.15, -0.1) is 0 Å². The van der Waals surface area contributed by atoms with Crippen LogP contribution in [-0.4, -0.2) is 30.3 Å². The molecule has 0 saturated carbocycles. The molecule has 0 aliphatic carbocycles. The molecule has 0 fully saturated rings. The molecular formula is C24H26FNO4S. The van der Waals surface area contributed by atoms with E-state index in [1.165, 1.54) is 12.1 Å². The lowest BCUT2D eigenvalue weighted by Crippen LogP contribution is -2.26. The van der Waals surface area contributed by atoms with Crippen LogP contribution in [-0.2, 0) is 38.8 Å². The fourth-order valence-corrected chi connectivity index (χ4v) is 5.93. The molecule has 31 heavy (non-hydrogen) atoms. The quantitative estimate of drug-likeness (QED) is 0.563. The summed E-state index contributed by atoms with van der Waals surface area (Å²) in [4.78, 5) is 12.9. The van der Waals surface area contributed by atoms with Crippen LogP contribution in [0.4, 0.5) is 4.39 Å². The Hall–Kier alpha value is -2.67. The zero-order chi connectivity index (χ0) is 22.6. The number of fused-ring (bicyclic) bond motifs is 2. The highest BCUT2D eigenvalue weighted by atomic mass is 32.2. The molecule has 2 heterocycles. The molecule has 164 valence electrons. The van der Waals surface area contributed by atoms with Crippen molar-refractivity contribution in [1.82, 2.24) is 4.57 Å². The van der Waals surface area contributed by atoms with Gasteiger partial charge in [-0.25, -0.2) is 12.8 Å². The van der Waals surface area contributed by atoms with Crippen molar-refractivity contribution in [3.8, 4) is 0 Å². The number of esters is 1. The molecule has 0 atom stereocenters. The van der Waals surface area contributed by atoms with E-state index in [0.717, 1.165) is 33.3 Å². The van der Waals surface area contributed by atoms with Crippen LogP contribution in [0.25, 0.3) is 10.9 Å². The third kappa shape index (κ3) is 4.11. The van der Waals surface area contributed by atoms with Crippen LogP contribution in [0.2, 0.25) is 0 Å². The highest BCUT2D eigenvalue weighted by molar-refractivity contribution is 7.91. The second-order valence-corrected chi connectivity index (χ2v) is 11.1. The summed E-state index contributed by atoms with van der Waals surface area (Å²) in [6.07, 6.45) is 0.948. The van der Waals surface area contributed by atoms with Crippen molar-refractivity contribution in [3.63, 3.8) is 0 Å². The number of hydrogen-bond acceptors (Lipinski definition) is 4. The largest absolute Gasteiger partial charge is 0.459 e. The Morgan fingerprint density at radius 1 is 1.19 bits per heavy atom. The Kier molecular flexibility index (Phi) is 5.20. The first kappa shape index (κ1) is 21.6. The number of carbonyl (C=O) groups is 1. The van der Waals surface area contributed by atoms with E-state index in [1.54, 1.807) is 18.2 Å². The normalized spacial score (nSPS) is 15.3. The van der Waals surface area contributed by atoms with Gasteiger partial charge in [0.2, 0.25) is 0 Å². The number of halogens is 1. The van der Waals surface area contributed by atoms with Gasteiger partial charge < -0.3 is 9.30 Å². The van der Waals surface area contributed by atoms with Crippen LogP contribution in [0.15, 0.2) is 41.3 Å². The van der Waals surface area contributed by atoms with Crippen molar-refractivity contribution >= 4 is 26.7 Å². The molecule has 7 heteroatoms. The summed E-state index contributed by atoms with van der Waals surface area (Å²) in [7, 11) is -3.23. The number of hydrogen-bond donors (Lipinski definition) is 0. The van der Waals surface area contributed by atoms with E-state index in [2.05, 4.69) is 0 Å². The molecule has 3 aromatic rings. The van der Waals surface area contributed by atoms with Crippen LogP contribution in [0.1, 0.15) is 43.2 Å². The van der Waals surface area contributed by atoms with Crippen molar-refractivity contribution in [3.05, 3.63) is 64.6 Å². The first-order chi connectivity index (χ1) is 14.5. The maximum absolute atomic E-state index is 14.1. The summed E-state index contributed by atoms with van der Waals surface area (Å²) in [5, 5.41) is 0.722. The van der Waals surface area contributed by atoms with Gasteiger partial charge in [0.05, 0.1) is 10.6 Å². The van der Waals surface area contributed by atoms with E-state index >= 15 is 0 Å². The summed E-state index contributed by atoms with van der Waals surface area (Å²) in [6.45, 7) is 7.37. The second kappa shape index (κ2) is 7.48. The van der Waals surface area contributed by atoms with Crippen molar-refractivity contribution < 1.29 is 22.3 Å². The second-order valence-electron chi connectivity index (χ2n) is 9.04. The van der Waals surface area contributed by atoms with Gasteiger partial charge in [-0.3, -0.25) is 4.79 Å². The van der Waals surface area contributed by atoms with Gasteiger partial charge in [-0.1, -0.05) is 12.1 Å². The van der Waals surface area contributed by atoms with E-state index in [1.807, 2.05) is 38.3 Å². The number of benzene rings is 2. The van der Waals surface area contributed by atoms with Crippen LogP contribution in [0, 0.1) is 12.7 Å². The van der Waals surface area contributed by atoms with E-state index < -0.39 is 15.4 Å². The van der Waals surface area contributed by atoms with Gasteiger partial charge in [0.15, 0.2) is 9.84 Å². The number of ether oxygens (including phenoxy) is 1. The van der Waals surface area contributed by atoms with Gasteiger partial charge in [0.1, 0.15) is 18.0 Å². The maximum atomic E-state index is 14.1. The fraction of sp³-hybridized carbons (Fsp3) is 0.375. The molecule has 5 nitrogen and oxygen atoms in total. The minimum absolute atomic E-state index is 0.0203. The van der Waals surface area contributed by atoms with Crippen molar-refractivity contribution in [2.45, 2.75) is 57.6 Å². The lowest BCUT2D eigenvalue weighted by molar-refractivity contribution is -0.155. The van der Waals surface area contributed by atoms with Crippen molar-refractivity contribution in [2.24, 2.45) is 0 Å².